The van der Waals surface area contributed by atoms with Gasteiger partial charge in [0.2, 0.25) is 0 Å². The molecule has 1 N–H and O–H groups in total. The number of benzene rings is 2. The van der Waals surface area contributed by atoms with Crippen molar-refractivity contribution < 1.29 is 0 Å². The van der Waals surface area contributed by atoms with Crippen LogP contribution in [0.25, 0.3) is 10.9 Å². The van der Waals surface area contributed by atoms with E-state index >= 15 is 0 Å². The van der Waals surface area contributed by atoms with E-state index in [9.17, 15) is 4.79 Å². The molecule has 0 aliphatic carbocycles. The second-order valence-corrected chi connectivity index (χ2v) is 5.58. The fourth-order valence-electron chi connectivity index (χ4n) is 2.03. The van der Waals surface area contributed by atoms with E-state index in [1.165, 1.54) is 0 Å². The highest BCUT2D eigenvalue weighted by molar-refractivity contribution is 14.1. The lowest BCUT2D eigenvalue weighted by Crippen LogP contribution is -2.12. The number of nitrogens with one attached hydrogen (secondary N) is 1. The Labute approximate surface area is 123 Å². The van der Waals surface area contributed by atoms with Gasteiger partial charge in [0.25, 0.3) is 5.56 Å². The van der Waals surface area contributed by atoms with Crippen LogP contribution in [-0.4, -0.2) is 9.97 Å². The maximum Gasteiger partial charge on any atom is 0.258 e. The summed E-state index contributed by atoms with van der Waals surface area (Å²) in [7, 11) is 0. The van der Waals surface area contributed by atoms with Crippen LogP contribution in [0.15, 0.2) is 53.3 Å². The zero-order valence-electron chi connectivity index (χ0n) is 10.1. The fourth-order valence-corrected chi connectivity index (χ4v) is 2.52. The molecule has 0 spiro atoms. The molecule has 3 aromatic rings. The van der Waals surface area contributed by atoms with E-state index in [-0.39, 0.29) is 5.56 Å². The zero-order valence-corrected chi connectivity index (χ0v) is 12.2. The molecule has 0 bridgehead atoms. The Hall–Kier alpha value is -1.69. The quantitative estimate of drug-likeness (QED) is 0.712. The minimum atomic E-state index is -0.0746. The van der Waals surface area contributed by atoms with Crippen LogP contribution in [0.5, 0.6) is 0 Å². The molecule has 1 aromatic heterocycles. The molecule has 0 atom stereocenters. The van der Waals surface area contributed by atoms with Gasteiger partial charge in [-0.05, 0) is 46.4 Å². The molecule has 2 aromatic carbocycles. The first-order valence-corrected chi connectivity index (χ1v) is 7.02. The van der Waals surface area contributed by atoms with Crippen molar-refractivity contribution in [3.8, 4) is 0 Å². The van der Waals surface area contributed by atoms with Gasteiger partial charge in [-0.25, -0.2) is 4.98 Å². The van der Waals surface area contributed by atoms with Gasteiger partial charge >= 0.3 is 0 Å². The minimum absolute atomic E-state index is 0.0746. The molecule has 0 saturated carbocycles. The Morgan fingerprint density at radius 2 is 1.89 bits per heavy atom. The van der Waals surface area contributed by atoms with Gasteiger partial charge in [-0.15, -0.1) is 0 Å². The van der Waals surface area contributed by atoms with Gasteiger partial charge in [0.1, 0.15) is 5.82 Å². The Morgan fingerprint density at radius 3 is 2.68 bits per heavy atom. The average Bonchev–Trinajstić information content (AvgIpc) is 2.41. The number of aromatic amines is 1. The number of halogens is 1. The van der Waals surface area contributed by atoms with E-state index in [2.05, 4.69) is 32.6 Å². The number of H-pyrrole nitrogens is 1. The van der Waals surface area contributed by atoms with E-state index in [0.717, 1.165) is 14.7 Å². The SMILES string of the molecule is O=c1[nH]c(Cc2ccccc2)nc2ccc(I)cc12. The van der Waals surface area contributed by atoms with Gasteiger partial charge in [0.05, 0.1) is 10.9 Å². The summed E-state index contributed by atoms with van der Waals surface area (Å²) in [4.78, 5) is 19.4. The van der Waals surface area contributed by atoms with Gasteiger partial charge in [-0.1, -0.05) is 30.3 Å². The lowest BCUT2D eigenvalue weighted by Gasteiger charge is -2.03. The van der Waals surface area contributed by atoms with Gasteiger partial charge in [0.15, 0.2) is 0 Å². The number of hydrogen-bond acceptors (Lipinski definition) is 2. The number of aromatic nitrogens is 2. The van der Waals surface area contributed by atoms with Crippen molar-refractivity contribution in [2.75, 3.05) is 0 Å². The summed E-state index contributed by atoms with van der Waals surface area (Å²) in [5.74, 6) is 0.699. The standard InChI is InChI=1S/C15H11IN2O/c16-11-6-7-13-12(9-11)15(19)18-14(17-13)8-10-4-2-1-3-5-10/h1-7,9H,8H2,(H,17,18,19). The van der Waals surface area contributed by atoms with Crippen molar-refractivity contribution in [2.24, 2.45) is 0 Å². The third-order valence-electron chi connectivity index (χ3n) is 2.93. The molecule has 0 aliphatic rings. The summed E-state index contributed by atoms with van der Waals surface area (Å²) in [6.45, 7) is 0. The largest absolute Gasteiger partial charge is 0.310 e. The van der Waals surface area contributed by atoms with Crippen molar-refractivity contribution in [3.63, 3.8) is 0 Å². The lowest BCUT2D eigenvalue weighted by atomic mass is 10.1. The smallest absolute Gasteiger partial charge is 0.258 e. The first kappa shape index (κ1) is 12.3. The Kier molecular flexibility index (Phi) is 3.33. The molecular formula is C15H11IN2O. The van der Waals surface area contributed by atoms with Crippen LogP contribution in [0.1, 0.15) is 11.4 Å². The van der Waals surface area contributed by atoms with Gasteiger partial charge in [-0.2, -0.15) is 0 Å². The monoisotopic (exact) mass is 362 g/mol. The molecule has 3 nitrogen and oxygen atoms in total. The number of rotatable bonds is 2. The molecular weight excluding hydrogens is 351 g/mol. The van der Waals surface area contributed by atoms with Crippen LogP contribution >= 0.6 is 22.6 Å². The number of hydrogen-bond donors (Lipinski definition) is 1. The summed E-state index contributed by atoms with van der Waals surface area (Å²) in [6, 6.07) is 15.7. The topological polar surface area (TPSA) is 45.8 Å². The third-order valence-corrected chi connectivity index (χ3v) is 3.60. The van der Waals surface area contributed by atoms with E-state index in [1.54, 1.807) is 0 Å². The fraction of sp³-hybridized carbons (Fsp3) is 0.0667. The summed E-state index contributed by atoms with van der Waals surface area (Å²) >= 11 is 2.19. The van der Waals surface area contributed by atoms with Gasteiger partial charge in [-0.3, -0.25) is 4.79 Å². The zero-order chi connectivity index (χ0) is 13.2. The first-order chi connectivity index (χ1) is 9.22. The predicted molar refractivity (Wildman–Crippen MR) is 84.3 cm³/mol. The number of nitrogens with zero attached hydrogens (tertiary/aromatic N) is 1. The molecule has 19 heavy (non-hydrogen) atoms. The molecule has 1 heterocycles. The minimum Gasteiger partial charge on any atom is -0.310 e. The summed E-state index contributed by atoms with van der Waals surface area (Å²) in [6.07, 6.45) is 0.637. The van der Waals surface area contributed by atoms with Crippen LogP contribution in [0.3, 0.4) is 0 Å². The van der Waals surface area contributed by atoms with Crippen LogP contribution in [0.2, 0.25) is 0 Å². The predicted octanol–water partition coefficient (Wildman–Crippen LogP) is 3.12. The molecule has 0 saturated heterocycles. The molecule has 4 heteroatoms. The maximum atomic E-state index is 12.0. The van der Waals surface area contributed by atoms with E-state index in [1.807, 2.05) is 48.5 Å². The van der Waals surface area contributed by atoms with Crippen LogP contribution in [-0.2, 0) is 6.42 Å². The second kappa shape index (κ2) is 5.13. The first-order valence-electron chi connectivity index (χ1n) is 5.95. The highest BCUT2D eigenvalue weighted by Gasteiger charge is 2.05. The molecule has 0 unspecified atom stereocenters. The average molecular weight is 362 g/mol. The van der Waals surface area contributed by atoms with Gasteiger partial charge in [0, 0.05) is 9.99 Å². The maximum absolute atomic E-state index is 12.0. The normalized spacial score (nSPS) is 10.8. The second-order valence-electron chi connectivity index (χ2n) is 4.34. The van der Waals surface area contributed by atoms with Crippen LogP contribution in [0.4, 0.5) is 0 Å². The molecule has 0 radical (unpaired) electrons. The summed E-state index contributed by atoms with van der Waals surface area (Å²) in [5, 5.41) is 0.642. The van der Waals surface area contributed by atoms with Crippen molar-refractivity contribution >= 4 is 33.5 Å². The van der Waals surface area contributed by atoms with Crippen molar-refractivity contribution in [2.45, 2.75) is 6.42 Å². The van der Waals surface area contributed by atoms with Crippen molar-refractivity contribution in [1.29, 1.82) is 0 Å². The van der Waals surface area contributed by atoms with Crippen molar-refractivity contribution in [1.82, 2.24) is 9.97 Å². The van der Waals surface area contributed by atoms with E-state index in [0.29, 0.717) is 17.6 Å². The lowest BCUT2D eigenvalue weighted by molar-refractivity contribution is 0.973. The third kappa shape index (κ3) is 2.68. The Morgan fingerprint density at radius 1 is 1.11 bits per heavy atom. The van der Waals surface area contributed by atoms with E-state index in [4.69, 9.17) is 0 Å². The summed E-state index contributed by atoms with van der Waals surface area (Å²) < 4.78 is 1.04. The van der Waals surface area contributed by atoms with E-state index < -0.39 is 0 Å². The Bertz CT molecular complexity index is 781. The molecule has 0 fully saturated rings. The molecule has 0 amide bonds. The van der Waals surface area contributed by atoms with Gasteiger partial charge < -0.3 is 4.98 Å². The molecule has 94 valence electrons. The van der Waals surface area contributed by atoms with Crippen molar-refractivity contribution in [3.05, 3.63) is 73.8 Å². The molecule has 0 aliphatic heterocycles. The number of fused-ring (bicyclic) bond motifs is 1. The molecule has 3 rings (SSSR count). The Balaban J connectivity index is 2.07. The van der Waals surface area contributed by atoms with Crippen LogP contribution in [0, 0.1) is 3.57 Å². The highest BCUT2D eigenvalue weighted by atomic mass is 127. The summed E-state index contributed by atoms with van der Waals surface area (Å²) in [5.41, 5.74) is 1.81. The van der Waals surface area contributed by atoms with Crippen LogP contribution < -0.4 is 5.56 Å². The highest BCUT2D eigenvalue weighted by Crippen LogP contribution is 2.13.